The highest BCUT2D eigenvalue weighted by molar-refractivity contribution is 5.92. The minimum atomic E-state index is -0.493. The molecular weight excluding hydrogens is 368 g/mol. The second-order valence-corrected chi connectivity index (χ2v) is 6.57. The Labute approximate surface area is 167 Å². The zero-order chi connectivity index (χ0) is 21.0. The van der Waals surface area contributed by atoms with Crippen LogP contribution in [0.25, 0.3) is 21.8 Å². The minimum Gasteiger partial charge on any atom is -0.461 e. The Kier molecular flexibility index (Phi) is 5.93. The number of rotatable bonds is 2. The summed E-state index contributed by atoms with van der Waals surface area (Å²) in [7, 11) is 0. The topological polar surface area (TPSA) is 92.0 Å². The summed E-state index contributed by atoms with van der Waals surface area (Å²) in [5.41, 5.74) is 2.90. The van der Waals surface area contributed by atoms with E-state index in [4.69, 9.17) is 4.74 Å². The number of esters is 1. The van der Waals surface area contributed by atoms with Crippen LogP contribution in [0.5, 0.6) is 0 Å². The molecular formula is C23H22N2O4. The van der Waals surface area contributed by atoms with E-state index in [0.29, 0.717) is 16.5 Å². The van der Waals surface area contributed by atoms with Gasteiger partial charge in [-0.05, 0) is 45.0 Å². The van der Waals surface area contributed by atoms with Crippen molar-refractivity contribution in [1.82, 2.24) is 9.97 Å². The molecule has 2 aromatic heterocycles. The number of pyridine rings is 2. The van der Waals surface area contributed by atoms with Gasteiger partial charge in [-0.3, -0.25) is 9.59 Å². The normalized spacial score (nSPS) is 10.4. The number of hydrogen-bond acceptors (Lipinski definition) is 4. The van der Waals surface area contributed by atoms with E-state index in [9.17, 15) is 14.4 Å². The number of hydrogen-bond donors (Lipinski definition) is 2. The molecule has 29 heavy (non-hydrogen) atoms. The highest BCUT2D eigenvalue weighted by atomic mass is 16.5. The van der Waals surface area contributed by atoms with Crippen LogP contribution in [0.2, 0.25) is 0 Å². The molecule has 4 rings (SSSR count). The average Bonchev–Trinajstić information content (AvgIpc) is 2.74. The molecule has 0 radical (unpaired) electrons. The summed E-state index contributed by atoms with van der Waals surface area (Å²) in [5, 5.41) is 1.34. The Bertz CT molecular complexity index is 1300. The van der Waals surface area contributed by atoms with Crippen molar-refractivity contribution in [1.29, 1.82) is 0 Å². The van der Waals surface area contributed by atoms with Crippen LogP contribution in [0.4, 0.5) is 0 Å². The van der Waals surface area contributed by atoms with Crippen molar-refractivity contribution < 1.29 is 9.53 Å². The zero-order valence-electron chi connectivity index (χ0n) is 16.5. The van der Waals surface area contributed by atoms with Gasteiger partial charge in [0.1, 0.15) is 5.69 Å². The SMILES string of the molecule is CCOC(=O)c1[nH]c2ccccc2c(=O)c1C.Cc1c[nH]c2ccccc2c1=O. The second-order valence-electron chi connectivity index (χ2n) is 6.57. The van der Waals surface area contributed by atoms with Crippen molar-refractivity contribution in [3.05, 3.63) is 92.0 Å². The number of aryl methyl sites for hydroxylation is 1. The van der Waals surface area contributed by atoms with E-state index in [2.05, 4.69) is 9.97 Å². The van der Waals surface area contributed by atoms with Gasteiger partial charge in [0.2, 0.25) is 0 Å². The Morgan fingerprint density at radius 1 is 0.897 bits per heavy atom. The van der Waals surface area contributed by atoms with E-state index in [-0.39, 0.29) is 23.2 Å². The Morgan fingerprint density at radius 2 is 1.48 bits per heavy atom. The first-order valence-electron chi connectivity index (χ1n) is 9.29. The molecule has 2 aromatic carbocycles. The Morgan fingerprint density at radius 3 is 2.14 bits per heavy atom. The third-order valence-electron chi connectivity index (χ3n) is 4.60. The maximum absolute atomic E-state index is 12.0. The fourth-order valence-electron chi connectivity index (χ4n) is 3.01. The summed E-state index contributed by atoms with van der Waals surface area (Å²) in [4.78, 5) is 41.2. The number of aromatic nitrogens is 2. The van der Waals surface area contributed by atoms with Gasteiger partial charge in [-0.1, -0.05) is 24.3 Å². The molecule has 0 spiro atoms. The summed E-state index contributed by atoms with van der Waals surface area (Å²) in [6.07, 6.45) is 1.74. The molecule has 4 aromatic rings. The molecule has 0 aliphatic heterocycles. The predicted octanol–water partition coefficient (Wildman–Crippen LogP) is 3.85. The number of para-hydroxylation sites is 2. The first-order valence-corrected chi connectivity index (χ1v) is 9.29. The van der Waals surface area contributed by atoms with Gasteiger partial charge < -0.3 is 14.7 Å². The number of nitrogens with one attached hydrogen (secondary N) is 2. The Hall–Kier alpha value is -3.67. The first kappa shape index (κ1) is 20.1. The molecule has 0 saturated carbocycles. The van der Waals surface area contributed by atoms with Crippen LogP contribution >= 0.6 is 0 Å². The largest absolute Gasteiger partial charge is 0.461 e. The van der Waals surface area contributed by atoms with Crippen LogP contribution < -0.4 is 10.9 Å². The van der Waals surface area contributed by atoms with Gasteiger partial charge in [-0.25, -0.2) is 4.79 Å². The van der Waals surface area contributed by atoms with Gasteiger partial charge in [0.15, 0.2) is 10.9 Å². The summed E-state index contributed by atoms with van der Waals surface area (Å²) in [6.45, 7) is 5.45. The van der Waals surface area contributed by atoms with Crippen LogP contribution in [-0.2, 0) is 4.74 Å². The molecule has 0 saturated heterocycles. The van der Waals surface area contributed by atoms with Crippen LogP contribution in [0.15, 0.2) is 64.3 Å². The number of ether oxygens (including phenoxy) is 1. The van der Waals surface area contributed by atoms with Gasteiger partial charge in [0.05, 0.1) is 6.61 Å². The fraction of sp³-hybridized carbons (Fsp3) is 0.174. The van der Waals surface area contributed by atoms with Crippen molar-refractivity contribution in [2.45, 2.75) is 20.8 Å². The molecule has 148 valence electrons. The van der Waals surface area contributed by atoms with Crippen LogP contribution in [0.1, 0.15) is 28.5 Å². The van der Waals surface area contributed by atoms with E-state index in [0.717, 1.165) is 16.5 Å². The van der Waals surface area contributed by atoms with Crippen molar-refractivity contribution in [2.75, 3.05) is 6.61 Å². The smallest absolute Gasteiger partial charge is 0.355 e. The van der Waals surface area contributed by atoms with Crippen molar-refractivity contribution in [3.63, 3.8) is 0 Å². The number of carbonyl (C=O) groups excluding carboxylic acids is 1. The lowest BCUT2D eigenvalue weighted by molar-refractivity contribution is 0.0519. The molecule has 0 aliphatic carbocycles. The highest BCUT2D eigenvalue weighted by Crippen LogP contribution is 2.11. The minimum absolute atomic E-state index is 0.115. The quantitative estimate of drug-likeness (QED) is 0.509. The molecule has 0 unspecified atom stereocenters. The van der Waals surface area contributed by atoms with Crippen LogP contribution in [0.3, 0.4) is 0 Å². The van der Waals surface area contributed by atoms with Crippen molar-refractivity contribution in [2.24, 2.45) is 0 Å². The van der Waals surface area contributed by atoms with Crippen LogP contribution in [0, 0.1) is 13.8 Å². The monoisotopic (exact) mass is 390 g/mol. The van der Waals surface area contributed by atoms with Gasteiger partial charge in [0.25, 0.3) is 0 Å². The second kappa shape index (κ2) is 8.56. The number of fused-ring (bicyclic) bond motifs is 2. The molecule has 0 aliphatic rings. The molecule has 2 heterocycles. The zero-order valence-corrected chi connectivity index (χ0v) is 16.5. The third-order valence-corrected chi connectivity index (χ3v) is 4.60. The summed E-state index contributed by atoms with van der Waals surface area (Å²) in [6, 6.07) is 14.6. The number of aromatic amines is 2. The Balaban J connectivity index is 0.000000176. The average molecular weight is 390 g/mol. The van der Waals surface area contributed by atoms with Crippen molar-refractivity contribution >= 4 is 27.8 Å². The maximum atomic E-state index is 12.0. The van der Waals surface area contributed by atoms with Crippen molar-refractivity contribution in [3.8, 4) is 0 Å². The molecule has 0 bridgehead atoms. The molecule has 0 amide bonds. The summed E-state index contributed by atoms with van der Waals surface area (Å²) in [5.74, 6) is -0.493. The number of H-pyrrole nitrogens is 2. The predicted molar refractivity (Wildman–Crippen MR) is 115 cm³/mol. The lowest BCUT2D eigenvalue weighted by Gasteiger charge is -2.07. The molecule has 0 fully saturated rings. The van der Waals surface area contributed by atoms with Gasteiger partial charge in [0, 0.05) is 39.1 Å². The van der Waals surface area contributed by atoms with E-state index < -0.39 is 5.97 Å². The summed E-state index contributed by atoms with van der Waals surface area (Å²) < 4.78 is 4.90. The highest BCUT2D eigenvalue weighted by Gasteiger charge is 2.15. The molecule has 2 N–H and O–H groups in total. The van der Waals surface area contributed by atoms with Gasteiger partial charge in [-0.2, -0.15) is 0 Å². The number of carbonyl (C=O) groups is 1. The molecule has 0 atom stereocenters. The lowest BCUT2D eigenvalue weighted by Crippen LogP contribution is -2.17. The van der Waals surface area contributed by atoms with E-state index in [1.807, 2.05) is 37.3 Å². The first-order chi connectivity index (χ1) is 13.9. The van der Waals surface area contributed by atoms with Crippen LogP contribution in [-0.4, -0.2) is 22.5 Å². The fourth-order valence-corrected chi connectivity index (χ4v) is 3.01. The van der Waals surface area contributed by atoms with Gasteiger partial charge in [-0.15, -0.1) is 0 Å². The molecule has 6 heteroatoms. The van der Waals surface area contributed by atoms with E-state index in [1.54, 1.807) is 38.2 Å². The van der Waals surface area contributed by atoms with E-state index >= 15 is 0 Å². The number of benzene rings is 2. The molecule has 6 nitrogen and oxygen atoms in total. The van der Waals surface area contributed by atoms with E-state index in [1.165, 1.54) is 0 Å². The van der Waals surface area contributed by atoms with Gasteiger partial charge >= 0.3 is 5.97 Å². The lowest BCUT2D eigenvalue weighted by atomic mass is 10.1. The maximum Gasteiger partial charge on any atom is 0.355 e. The third kappa shape index (κ3) is 4.11. The summed E-state index contributed by atoms with van der Waals surface area (Å²) >= 11 is 0. The standard InChI is InChI=1S/C13H13NO3.C10H9NO/c1-3-17-13(16)11-8(2)12(15)9-6-4-5-7-10(9)14-11;1-7-6-11-9-5-3-2-4-8(9)10(7)12/h4-7H,3H2,1-2H3,(H,14,15);2-6H,1H3,(H,11,12).